The van der Waals surface area contributed by atoms with Gasteiger partial charge in [0.15, 0.2) is 0 Å². The van der Waals surface area contributed by atoms with Crippen LogP contribution in [0.2, 0.25) is 0 Å². The lowest BCUT2D eigenvalue weighted by Crippen LogP contribution is -2.59. The number of phenols is 1. The molecule has 0 saturated carbocycles. The quantitative estimate of drug-likeness (QED) is 0.167. The molecule has 0 unspecified atom stereocenters. The molecule has 3 aliphatic heterocycles. The smallest absolute Gasteiger partial charge is 0.322 e. The number of pyridine rings is 1. The number of benzene rings is 2. The van der Waals surface area contributed by atoms with Crippen LogP contribution in [0.25, 0.3) is 0 Å². The van der Waals surface area contributed by atoms with E-state index in [9.17, 15) is 24.3 Å². The second-order valence-corrected chi connectivity index (χ2v) is 15.6. The summed E-state index contributed by atoms with van der Waals surface area (Å²) in [5.74, 6) is -0.628. The summed E-state index contributed by atoms with van der Waals surface area (Å²) in [4.78, 5) is 66.5. The van der Waals surface area contributed by atoms with E-state index in [1.165, 1.54) is 0 Å². The zero-order chi connectivity index (χ0) is 38.2. The van der Waals surface area contributed by atoms with Gasteiger partial charge in [-0.3, -0.25) is 14.6 Å². The molecule has 3 aromatic rings. The van der Waals surface area contributed by atoms with Gasteiger partial charge in [0.1, 0.15) is 17.8 Å². The largest absolute Gasteiger partial charge is 0.506 e. The Labute approximate surface area is 332 Å². The van der Waals surface area contributed by atoms with Crippen LogP contribution in [-0.4, -0.2) is 113 Å². The molecule has 0 aliphatic carbocycles. The molecule has 14 nitrogen and oxygen atoms in total. The number of nitrogens with two attached hydrogens (primary N) is 1. The number of carbonyl (C=O) groups is 4. The third-order valence-electron chi connectivity index (χ3n) is 10.4. The number of anilines is 2. The molecule has 0 bridgehead atoms. The Kier molecular flexibility index (Phi) is 13.3. The highest BCUT2D eigenvalue weighted by Gasteiger charge is 2.35. The number of halogens is 2. The molecule has 288 valence electrons. The summed E-state index contributed by atoms with van der Waals surface area (Å²) < 4.78 is 0.870. The van der Waals surface area contributed by atoms with Crippen molar-refractivity contribution in [2.75, 3.05) is 56.0 Å². The fraction of sp³-hybridized carbons (Fsp3) is 0.447. The molecule has 3 aliphatic rings. The normalized spacial score (nSPS) is 17.4. The van der Waals surface area contributed by atoms with Crippen molar-refractivity contribution in [3.05, 3.63) is 81.0 Å². The Balaban J connectivity index is 1.13. The van der Waals surface area contributed by atoms with Crippen LogP contribution in [-0.2, 0) is 22.6 Å². The number of likely N-dealkylation sites (tertiary alicyclic amines) is 1. The van der Waals surface area contributed by atoms with Crippen LogP contribution in [0.3, 0.4) is 0 Å². The monoisotopic (exact) mass is 867 g/mol. The van der Waals surface area contributed by atoms with Gasteiger partial charge in [0, 0.05) is 82.0 Å². The number of fused-ring (bicyclic) bond motifs is 1. The van der Waals surface area contributed by atoms with Crippen molar-refractivity contribution in [2.24, 2.45) is 5.73 Å². The first-order valence-corrected chi connectivity index (χ1v) is 20.0. The number of phenolic OH excluding ortho intramolecular Hbond substituents is 1. The van der Waals surface area contributed by atoms with Gasteiger partial charge < -0.3 is 46.4 Å². The Morgan fingerprint density at radius 3 is 2.28 bits per heavy atom. The fourth-order valence-corrected chi connectivity index (χ4v) is 8.58. The predicted molar refractivity (Wildman–Crippen MR) is 213 cm³/mol. The van der Waals surface area contributed by atoms with Gasteiger partial charge in [-0.1, -0.05) is 18.2 Å². The lowest BCUT2D eigenvalue weighted by atomic mass is 10.0. The lowest BCUT2D eigenvalue weighted by Gasteiger charge is -2.40. The molecule has 6 rings (SSSR count). The van der Waals surface area contributed by atoms with Gasteiger partial charge in [-0.05, 0) is 112 Å². The molecular weight excluding hydrogens is 822 g/mol. The zero-order valence-corrected chi connectivity index (χ0v) is 33.2. The molecule has 2 saturated heterocycles. The van der Waals surface area contributed by atoms with Gasteiger partial charge in [-0.25, -0.2) is 9.59 Å². The number of nitrogens with one attached hydrogen (secondary N) is 3. The first-order valence-electron chi connectivity index (χ1n) is 18.4. The van der Waals surface area contributed by atoms with Crippen molar-refractivity contribution in [2.45, 2.75) is 63.2 Å². The molecule has 6 N–H and O–H groups in total. The summed E-state index contributed by atoms with van der Waals surface area (Å²) in [5.41, 5.74) is 9.38. The first kappa shape index (κ1) is 39.3. The third kappa shape index (κ3) is 9.63. The van der Waals surface area contributed by atoms with Gasteiger partial charge in [-0.15, -0.1) is 0 Å². The highest BCUT2D eigenvalue weighted by Crippen LogP contribution is 2.34. The summed E-state index contributed by atoms with van der Waals surface area (Å²) in [6.45, 7) is 4.07. The molecule has 0 radical (unpaired) electrons. The molecule has 0 spiro atoms. The Morgan fingerprint density at radius 2 is 1.59 bits per heavy atom. The van der Waals surface area contributed by atoms with Crippen molar-refractivity contribution in [1.82, 2.24) is 30.3 Å². The molecule has 2 atom stereocenters. The fourth-order valence-electron chi connectivity index (χ4n) is 7.30. The van der Waals surface area contributed by atoms with E-state index in [-0.39, 0.29) is 30.2 Å². The average molecular weight is 870 g/mol. The van der Waals surface area contributed by atoms with E-state index in [4.69, 9.17) is 5.73 Å². The number of nitrogens with zero attached hydrogens (tertiary/aromatic N) is 5. The molecule has 2 fully saturated rings. The predicted octanol–water partition coefficient (Wildman–Crippen LogP) is 4.41. The van der Waals surface area contributed by atoms with Crippen LogP contribution in [0.5, 0.6) is 5.75 Å². The standard InChI is InChI=1S/C38H47Br2N9O5/c39-29-21-25(22-30(40)34(29)50)23-33(45-37(53)48-15-10-28(11-16-48)49-24-26-5-1-2-6-31(26)44-38(49)54)35(51)43-32(7-3-4-12-41)36(52)47-19-17-46(18-20-47)27-8-13-42-14-9-27/h1-2,5-6,8-9,13-14,21-22,28,32-33,50H,3-4,7,10-12,15-20,23-24,41H2,(H,43,51)(H,44,54)(H,45,53)/t32-,33-/m0/s1. The average Bonchev–Trinajstić information content (AvgIpc) is 3.19. The van der Waals surface area contributed by atoms with E-state index in [0.29, 0.717) is 99.0 Å². The molecule has 54 heavy (non-hydrogen) atoms. The van der Waals surface area contributed by atoms with Crippen LogP contribution in [0, 0.1) is 0 Å². The number of para-hydroxylation sites is 1. The van der Waals surface area contributed by atoms with Crippen LogP contribution >= 0.6 is 31.9 Å². The van der Waals surface area contributed by atoms with E-state index in [0.717, 1.165) is 16.9 Å². The summed E-state index contributed by atoms with van der Waals surface area (Å²) in [5, 5.41) is 19.2. The number of carbonyl (C=O) groups excluding carboxylic acids is 4. The Bertz CT molecular complexity index is 1780. The minimum atomic E-state index is -1.03. The second-order valence-electron chi connectivity index (χ2n) is 13.9. The number of aromatic hydroxyl groups is 1. The Hall–Kier alpha value is -4.41. The number of hydrogen-bond donors (Lipinski definition) is 5. The molecule has 4 heterocycles. The van der Waals surface area contributed by atoms with Gasteiger partial charge in [0.25, 0.3) is 0 Å². The molecular formula is C38H47Br2N9O5. The number of hydrogen-bond acceptors (Lipinski definition) is 8. The van der Waals surface area contributed by atoms with E-state index >= 15 is 0 Å². The zero-order valence-electron chi connectivity index (χ0n) is 30.1. The number of rotatable bonds is 12. The highest BCUT2D eigenvalue weighted by molar-refractivity contribution is 9.11. The number of amides is 6. The third-order valence-corrected chi connectivity index (χ3v) is 11.6. The molecule has 16 heteroatoms. The minimum Gasteiger partial charge on any atom is -0.506 e. The molecule has 2 aromatic carbocycles. The van der Waals surface area contributed by atoms with Crippen molar-refractivity contribution >= 4 is 67.1 Å². The van der Waals surface area contributed by atoms with Crippen LogP contribution in [0.4, 0.5) is 21.0 Å². The SMILES string of the molecule is NCCCC[C@H](NC(=O)[C@H](Cc1cc(Br)c(O)c(Br)c1)NC(=O)N1CCC(N2Cc3ccccc3NC2=O)CC1)C(=O)N1CCN(c2ccncc2)CC1. The van der Waals surface area contributed by atoms with Crippen LogP contribution in [0.1, 0.15) is 43.2 Å². The lowest BCUT2D eigenvalue weighted by molar-refractivity contribution is -0.137. The maximum atomic E-state index is 14.2. The van der Waals surface area contributed by atoms with E-state index in [1.807, 2.05) is 41.3 Å². The van der Waals surface area contributed by atoms with E-state index in [1.54, 1.807) is 34.3 Å². The van der Waals surface area contributed by atoms with E-state index in [2.05, 4.69) is 57.7 Å². The highest BCUT2D eigenvalue weighted by atomic mass is 79.9. The molecule has 1 aromatic heterocycles. The van der Waals surface area contributed by atoms with E-state index < -0.39 is 24.0 Å². The molecule has 6 amide bonds. The number of aromatic nitrogens is 1. The number of piperidine rings is 1. The summed E-state index contributed by atoms with van der Waals surface area (Å²) in [6, 6.07) is 12.6. The van der Waals surface area contributed by atoms with Crippen molar-refractivity contribution < 1.29 is 24.3 Å². The number of urea groups is 2. The summed E-state index contributed by atoms with van der Waals surface area (Å²) in [6.07, 6.45) is 6.53. The van der Waals surface area contributed by atoms with Crippen molar-refractivity contribution in [3.8, 4) is 5.75 Å². The minimum absolute atomic E-state index is 0.0205. The maximum absolute atomic E-state index is 14.2. The maximum Gasteiger partial charge on any atom is 0.322 e. The summed E-state index contributed by atoms with van der Waals surface area (Å²) in [7, 11) is 0. The number of unbranched alkanes of at least 4 members (excludes halogenated alkanes) is 1. The van der Waals surface area contributed by atoms with Gasteiger partial charge in [0.2, 0.25) is 11.8 Å². The van der Waals surface area contributed by atoms with Gasteiger partial charge >= 0.3 is 12.1 Å². The van der Waals surface area contributed by atoms with Crippen molar-refractivity contribution in [1.29, 1.82) is 0 Å². The topological polar surface area (TPSA) is 176 Å². The first-order chi connectivity index (χ1) is 26.1. The van der Waals surface area contributed by atoms with Crippen LogP contribution in [0.15, 0.2) is 69.9 Å². The number of piperazine rings is 1. The van der Waals surface area contributed by atoms with Gasteiger partial charge in [0.05, 0.1) is 8.95 Å². The second kappa shape index (κ2) is 18.3. The van der Waals surface area contributed by atoms with Crippen molar-refractivity contribution in [3.63, 3.8) is 0 Å². The van der Waals surface area contributed by atoms with Crippen LogP contribution < -0.4 is 26.6 Å². The summed E-state index contributed by atoms with van der Waals surface area (Å²) >= 11 is 6.74. The van der Waals surface area contributed by atoms with Gasteiger partial charge in [-0.2, -0.15) is 0 Å². The Morgan fingerprint density at radius 1 is 0.907 bits per heavy atom.